The molecule has 0 saturated carbocycles. The minimum Gasteiger partial charge on any atom is -0.384 e. The lowest BCUT2D eigenvalue weighted by molar-refractivity contribution is 0.775. The monoisotopic (exact) mass is 217 g/mol. The SMILES string of the molecule is CC(C)c1nc(N)cc(-c2nccn2C)n1. The smallest absolute Gasteiger partial charge is 0.158 e. The Balaban J connectivity index is 2.54. The van der Waals surface area contributed by atoms with Gasteiger partial charge in [0.15, 0.2) is 5.82 Å². The summed E-state index contributed by atoms with van der Waals surface area (Å²) in [6.45, 7) is 4.08. The second-order valence-corrected chi connectivity index (χ2v) is 4.05. The van der Waals surface area contributed by atoms with Crippen molar-refractivity contribution in [2.75, 3.05) is 5.73 Å². The zero-order chi connectivity index (χ0) is 11.7. The van der Waals surface area contributed by atoms with Crippen LogP contribution in [0.1, 0.15) is 25.6 Å². The fraction of sp³-hybridized carbons (Fsp3) is 0.364. The molecule has 0 bridgehead atoms. The Labute approximate surface area is 94.4 Å². The van der Waals surface area contributed by atoms with Crippen molar-refractivity contribution in [1.29, 1.82) is 0 Å². The molecule has 0 aromatic carbocycles. The van der Waals surface area contributed by atoms with Gasteiger partial charge in [-0.1, -0.05) is 13.8 Å². The number of hydrogen-bond donors (Lipinski definition) is 1. The van der Waals surface area contributed by atoms with Gasteiger partial charge in [0.2, 0.25) is 0 Å². The predicted octanol–water partition coefficient (Wildman–Crippen LogP) is 1.58. The van der Waals surface area contributed by atoms with Gasteiger partial charge >= 0.3 is 0 Å². The molecule has 2 aromatic rings. The van der Waals surface area contributed by atoms with Gasteiger partial charge in [-0.15, -0.1) is 0 Å². The lowest BCUT2D eigenvalue weighted by Gasteiger charge is -2.07. The van der Waals surface area contributed by atoms with Gasteiger partial charge in [-0.2, -0.15) is 0 Å². The first kappa shape index (κ1) is 10.6. The highest BCUT2D eigenvalue weighted by atomic mass is 15.1. The second-order valence-electron chi connectivity index (χ2n) is 4.05. The zero-order valence-electron chi connectivity index (χ0n) is 9.68. The molecule has 0 aliphatic rings. The number of nitrogens with two attached hydrogens (primary N) is 1. The standard InChI is InChI=1S/C11H15N5/c1-7(2)10-14-8(6-9(12)15-10)11-13-4-5-16(11)3/h4-7H,1-3H3,(H2,12,14,15). The lowest BCUT2D eigenvalue weighted by Crippen LogP contribution is -2.04. The highest BCUT2D eigenvalue weighted by Gasteiger charge is 2.10. The Kier molecular flexibility index (Phi) is 2.60. The van der Waals surface area contributed by atoms with Crippen LogP contribution in [0.5, 0.6) is 0 Å². The van der Waals surface area contributed by atoms with Crippen molar-refractivity contribution in [1.82, 2.24) is 19.5 Å². The third-order valence-corrected chi connectivity index (χ3v) is 2.33. The largest absolute Gasteiger partial charge is 0.384 e. The molecule has 5 heteroatoms. The first-order chi connectivity index (χ1) is 7.58. The van der Waals surface area contributed by atoms with Crippen molar-refractivity contribution in [3.8, 4) is 11.5 Å². The molecule has 0 radical (unpaired) electrons. The van der Waals surface area contributed by atoms with E-state index in [0.29, 0.717) is 5.82 Å². The van der Waals surface area contributed by atoms with E-state index in [9.17, 15) is 0 Å². The van der Waals surface area contributed by atoms with Gasteiger partial charge < -0.3 is 10.3 Å². The molecular weight excluding hydrogens is 202 g/mol. The first-order valence-corrected chi connectivity index (χ1v) is 5.20. The lowest BCUT2D eigenvalue weighted by atomic mass is 10.2. The van der Waals surface area contributed by atoms with Gasteiger partial charge in [0, 0.05) is 31.4 Å². The first-order valence-electron chi connectivity index (χ1n) is 5.20. The molecule has 84 valence electrons. The Morgan fingerprint density at radius 3 is 2.62 bits per heavy atom. The minimum atomic E-state index is 0.252. The van der Waals surface area contributed by atoms with Crippen LogP contribution in [0.4, 0.5) is 5.82 Å². The molecule has 0 unspecified atom stereocenters. The summed E-state index contributed by atoms with van der Waals surface area (Å²) in [6, 6.07) is 1.74. The Bertz CT molecular complexity index is 501. The van der Waals surface area contributed by atoms with Gasteiger partial charge in [-0.25, -0.2) is 15.0 Å². The second kappa shape index (κ2) is 3.92. The molecule has 0 aliphatic carbocycles. The fourth-order valence-corrected chi connectivity index (χ4v) is 1.47. The van der Waals surface area contributed by atoms with Crippen LogP contribution < -0.4 is 5.73 Å². The van der Waals surface area contributed by atoms with Gasteiger partial charge in [-0.3, -0.25) is 0 Å². The average Bonchev–Trinajstić information content (AvgIpc) is 2.63. The van der Waals surface area contributed by atoms with Gasteiger partial charge in [-0.05, 0) is 0 Å². The van der Waals surface area contributed by atoms with Gasteiger partial charge in [0.1, 0.15) is 17.3 Å². The van der Waals surface area contributed by atoms with E-state index in [0.717, 1.165) is 17.3 Å². The number of nitrogens with zero attached hydrogens (tertiary/aromatic N) is 4. The molecule has 0 saturated heterocycles. The third kappa shape index (κ3) is 1.88. The van der Waals surface area contributed by atoms with E-state index in [-0.39, 0.29) is 5.92 Å². The average molecular weight is 217 g/mol. The molecular formula is C11H15N5. The van der Waals surface area contributed by atoms with Crippen LogP contribution in [0.25, 0.3) is 11.5 Å². The van der Waals surface area contributed by atoms with Crippen molar-refractivity contribution in [2.24, 2.45) is 7.05 Å². The maximum Gasteiger partial charge on any atom is 0.158 e. The number of hydrogen-bond acceptors (Lipinski definition) is 4. The van der Waals surface area contributed by atoms with Crippen LogP contribution in [0.15, 0.2) is 18.5 Å². The summed E-state index contributed by atoms with van der Waals surface area (Å²) >= 11 is 0. The molecule has 2 rings (SSSR count). The topological polar surface area (TPSA) is 69.6 Å². The number of rotatable bonds is 2. The summed E-state index contributed by atoms with van der Waals surface area (Å²) < 4.78 is 1.91. The van der Waals surface area contributed by atoms with Crippen molar-refractivity contribution in [2.45, 2.75) is 19.8 Å². The summed E-state index contributed by atoms with van der Waals surface area (Å²) in [5.74, 6) is 2.29. The normalized spacial score (nSPS) is 11.0. The fourth-order valence-electron chi connectivity index (χ4n) is 1.47. The van der Waals surface area contributed by atoms with Crippen molar-refractivity contribution in [3.63, 3.8) is 0 Å². The molecule has 0 fully saturated rings. The number of anilines is 1. The molecule has 0 aliphatic heterocycles. The molecule has 5 nitrogen and oxygen atoms in total. The van der Waals surface area contributed by atoms with Crippen LogP contribution in [-0.2, 0) is 7.05 Å². The van der Waals surface area contributed by atoms with Crippen LogP contribution >= 0.6 is 0 Å². The minimum absolute atomic E-state index is 0.252. The number of nitrogen functional groups attached to an aromatic ring is 1. The van der Waals surface area contributed by atoms with Crippen LogP contribution in [0.3, 0.4) is 0 Å². The quantitative estimate of drug-likeness (QED) is 0.829. The van der Waals surface area contributed by atoms with E-state index in [1.807, 2.05) is 31.7 Å². The summed E-state index contributed by atoms with van der Waals surface area (Å²) in [7, 11) is 1.93. The molecule has 2 aromatic heterocycles. The third-order valence-electron chi connectivity index (χ3n) is 2.33. The summed E-state index contributed by atoms with van der Waals surface area (Å²) in [5.41, 5.74) is 6.53. The van der Waals surface area contributed by atoms with E-state index in [4.69, 9.17) is 5.73 Å². The van der Waals surface area contributed by atoms with Crippen LogP contribution in [0, 0.1) is 0 Å². The summed E-state index contributed by atoms with van der Waals surface area (Å²) in [4.78, 5) is 12.9. The molecule has 0 amide bonds. The Hall–Kier alpha value is -1.91. The maximum absolute atomic E-state index is 5.77. The maximum atomic E-state index is 5.77. The van der Waals surface area contributed by atoms with E-state index >= 15 is 0 Å². The summed E-state index contributed by atoms with van der Waals surface area (Å²) in [6.07, 6.45) is 3.62. The molecule has 2 N–H and O–H groups in total. The Morgan fingerprint density at radius 1 is 1.31 bits per heavy atom. The number of aryl methyl sites for hydroxylation is 1. The van der Waals surface area contributed by atoms with Crippen molar-refractivity contribution < 1.29 is 0 Å². The Morgan fingerprint density at radius 2 is 2.06 bits per heavy atom. The summed E-state index contributed by atoms with van der Waals surface area (Å²) in [5, 5.41) is 0. The van der Waals surface area contributed by atoms with E-state index in [1.165, 1.54) is 0 Å². The molecule has 0 atom stereocenters. The van der Waals surface area contributed by atoms with Gasteiger partial charge in [0.05, 0.1) is 0 Å². The van der Waals surface area contributed by atoms with Crippen LogP contribution in [-0.4, -0.2) is 19.5 Å². The van der Waals surface area contributed by atoms with Crippen molar-refractivity contribution in [3.05, 3.63) is 24.3 Å². The van der Waals surface area contributed by atoms with E-state index in [2.05, 4.69) is 15.0 Å². The van der Waals surface area contributed by atoms with Gasteiger partial charge in [0.25, 0.3) is 0 Å². The number of imidazole rings is 1. The number of aromatic nitrogens is 4. The highest BCUT2D eigenvalue weighted by molar-refractivity contribution is 5.54. The van der Waals surface area contributed by atoms with E-state index < -0.39 is 0 Å². The van der Waals surface area contributed by atoms with E-state index in [1.54, 1.807) is 12.3 Å². The van der Waals surface area contributed by atoms with Crippen LogP contribution in [0.2, 0.25) is 0 Å². The highest BCUT2D eigenvalue weighted by Crippen LogP contribution is 2.19. The zero-order valence-corrected chi connectivity index (χ0v) is 9.68. The predicted molar refractivity (Wildman–Crippen MR) is 62.7 cm³/mol. The molecule has 0 spiro atoms. The molecule has 16 heavy (non-hydrogen) atoms. The van der Waals surface area contributed by atoms with Crippen molar-refractivity contribution >= 4 is 5.82 Å². The molecule has 2 heterocycles.